The summed E-state index contributed by atoms with van der Waals surface area (Å²) in [7, 11) is 0. The van der Waals surface area contributed by atoms with Crippen LogP contribution in [0.2, 0.25) is 0 Å². The molecule has 0 amide bonds. The van der Waals surface area contributed by atoms with E-state index in [0.717, 1.165) is 24.8 Å². The van der Waals surface area contributed by atoms with Gasteiger partial charge in [0.25, 0.3) is 0 Å². The number of hydrogen-bond acceptors (Lipinski definition) is 2. The van der Waals surface area contributed by atoms with Gasteiger partial charge in [-0.3, -0.25) is 0 Å². The lowest BCUT2D eigenvalue weighted by Crippen LogP contribution is -2.25. The summed E-state index contributed by atoms with van der Waals surface area (Å²) in [5.41, 5.74) is 2.06. The van der Waals surface area contributed by atoms with Gasteiger partial charge in [0.05, 0.1) is 12.2 Å². The van der Waals surface area contributed by atoms with Gasteiger partial charge in [-0.15, -0.1) is 0 Å². The summed E-state index contributed by atoms with van der Waals surface area (Å²) in [6, 6.07) is 8.22. The third-order valence-corrected chi connectivity index (χ3v) is 4.06. The summed E-state index contributed by atoms with van der Waals surface area (Å²) < 4.78 is 0. The molecule has 21 heavy (non-hydrogen) atoms. The fraction of sp³-hybridized carbons (Fsp3) is 0.684. The van der Waals surface area contributed by atoms with Gasteiger partial charge in [-0.25, -0.2) is 0 Å². The van der Waals surface area contributed by atoms with Gasteiger partial charge in [0.15, 0.2) is 0 Å². The summed E-state index contributed by atoms with van der Waals surface area (Å²) in [5, 5.41) is 20.3. The smallest absolute Gasteiger partial charge is 0.0838 e. The van der Waals surface area contributed by atoms with E-state index < -0.39 is 6.10 Å². The highest BCUT2D eigenvalue weighted by Gasteiger charge is 2.23. The van der Waals surface area contributed by atoms with Crippen molar-refractivity contribution in [2.24, 2.45) is 10.8 Å². The lowest BCUT2D eigenvalue weighted by Gasteiger charge is -2.26. The molecule has 2 N–H and O–H groups in total. The number of aliphatic hydroxyl groups is 2. The fourth-order valence-electron chi connectivity index (χ4n) is 2.30. The first-order valence-corrected chi connectivity index (χ1v) is 7.97. The minimum absolute atomic E-state index is 0.0410. The molecule has 0 aromatic heterocycles. The van der Waals surface area contributed by atoms with Crippen molar-refractivity contribution in [3.8, 4) is 0 Å². The Morgan fingerprint density at radius 2 is 1.38 bits per heavy atom. The molecule has 120 valence electrons. The Morgan fingerprint density at radius 3 is 1.81 bits per heavy atom. The summed E-state index contributed by atoms with van der Waals surface area (Å²) in [4.78, 5) is 0. The van der Waals surface area contributed by atoms with Gasteiger partial charge in [-0.1, -0.05) is 65.8 Å². The molecule has 0 bridgehead atoms. The maximum atomic E-state index is 10.3. The Labute approximate surface area is 130 Å². The van der Waals surface area contributed by atoms with Crippen molar-refractivity contribution < 1.29 is 10.2 Å². The molecule has 0 heterocycles. The van der Waals surface area contributed by atoms with E-state index >= 15 is 0 Å². The summed E-state index contributed by atoms with van der Waals surface area (Å²) in [5.74, 6) is 0. The highest BCUT2D eigenvalue weighted by molar-refractivity contribution is 5.25. The second-order valence-electron chi connectivity index (χ2n) is 8.28. The van der Waals surface area contributed by atoms with E-state index in [-0.39, 0.29) is 16.9 Å². The van der Waals surface area contributed by atoms with E-state index in [9.17, 15) is 10.2 Å². The van der Waals surface area contributed by atoms with Crippen LogP contribution in [0.4, 0.5) is 0 Å². The second-order valence-corrected chi connectivity index (χ2v) is 8.28. The second kappa shape index (κ2) is 6.93. The molecule has 0 saturated carbocycles. The Balaban J connectivity index is 2.53. The zero-order valence-electron chi connectivity index (χ0n) is 14.5. The van der Waals surface area contributed by atoms with Crippen LogP contribution < -0.4 is 0 Å². The van der Waals surface area contributed by atoms with Gasteiger partial charge in [0.2, 0.25) is 0 Å². The standard InChI is InChI=1S/C19H32O2/c1-18(2,3)16(20)9-7-8-14-10-12-15(13-11-14)17(21)19(4,5)6/h10-13,16-17,20-21H,7-9H2,1-6H3. The first-order chi connectivity index (χ1) is 9.51. The van der Waals surface area contributed by atoms with Gasteiger partial charge >= 0.3 is 0 Å². The number of rotatable bonds is 5. The molecular weight excluding hydrogens is 260 g/mol. The van der Waals surface area contributed by atoms with E-state index in [1.54, 1.807) is 0 Å². The lowest BCUT2D eigenvalue weighted by molar-refractivity contribution is 0.0540. The van der Waals surface area contributed by atoms with E-state index in [4.69, 9.17) is 0 Å². The Hall–Kier alpha value is -0.860. The largest absolute Gasteiger partial charge is 0.393 e. The number of hydrogen-bond donors (Lipinski definition) is 2. The van der Waals surface area contributed by atoms with Crippen LogP contribution in [0.1, 0.15) is 71.6 Å². The number of benzene rings is 1. The summed E-state index contributed by atoms with van der Waals surface area (Å²) in [6.07, 6.45) is 2.10. The van der Waals surface area contributed by atoms with Crippen LogP contribution in [-0.4, -0.2) is 16.3 Å². The molecule has 1 rings (SSSR count). The van der Waals surface area contributed by atoms with Crippen molar-refractivity contribution in [3.63, 3.8) is 0 Å². The van der Waals surface area contributed by atoms with E-state index in [1.165, 1.54) is 5.56 Å². The van der Waals surface area contributed by atoms with Crippen molar-refractivity contribution in [1.29, 1.82) is 0 Å². The van der Waals surface area contributed by atoms with Crippen molar-refractivity contribution in [2.45, 2.75) is 73.0 Å². The topological polar surface area (TPSA) is 40.5 Å². The molecule has 2 heteroatoms. The third-order valence-electron chi connectivity index (χ3n) is 4.06. The number of aryl methyl sites for hydroxylation is 1. The highest BCUT2D eigenvalue weighted by atomic mass is 16.3. The van der Waals surface area contributed by atoms with Crippen LogP contribution in [0.5, 0.6) is 0 Å². The van der Waals surface area contributed by atoms with Crippen LogP contribution >= 0.6 is 0 Å². The van der Waals surface area contributed by atoms with Crippen LogP contribution in [0.25, 0.3) is 0 Å². The molecule has 2 unspecified atom stereocenters. The first-order valence-electron chi connectivity index (χ1n) is 7.97. The van der Waals surface area contributed by atoms with Gasteiger partial charge in [-0.2, -0.15) is 0 Å². The monoisotopic (exact) mass is 292 g/mol. The minimum atomic E-state index is -0.436. The highest BCUT2D eigenvalue weighted by Crippen LogP contribution is 2.32. The quantitative estimate of drug-likeness (QED) is 0.839. The van der Waals surface area contributed by atoms with E-state index in [0.29, 0.717) is 0 Å². The predicted octanol–water partition coefficient (Wildman–Crippen LogP) is 4.50. The van der Waals surface area contributed by atoms with Crippen molar-refractivity contribution in [3.05, 3.63) is 35.4 Å². The fourth-order valence-corrected chi connectivity index (χ4v) is 2.30. The lowest BCUT2D eigenvalue weighted by atomic mass is 9.84. The molecule has 0 spiro atoms. The molecule has 0 aliphatic carbocycles. The Bertz CT molecular complexity index is 420. The molecule has 0 aliphatic rings. The molecule has 0 fully saturated rings. The Morgan fingerprint density at radius 1 is 0.857 bits per heavy atom. The predicted molar refractivity (Wildman–Crippen MR) is 89.3 cm³/mol. The average molecular weight is 292 g/mol. The maximum absolute atomic E-state index is 10.3. The van der Waals surface area contributed by atoms with Crippen molar-refractivity contribution in [2.75, 3.05) is 0 Å². The van der Waals surface area contributed by atoms with Gasteiger partial charge in [0.1, 0.15) is 0 Å². The summed E-state index contributed by atoms with van der Waals surface area (Å²) in [6.45, 7) is 12.3. The summed E-state index contributed by atoms with van der Waals surface area (Å²) >= 11 is 0. The van der Waals surface area contributed by atoms with Crippen LogP contribution in [0.15, 0.2) is 24.3 Å². The molecule has 2 atom stereocenters. The molecule has 0 saturated heterocycles. The van der Waals surface area contributed by atoms with E-state index in [1.807, 2.05) is 32.9 Å². The zero-order chi connectivity index (χ0) is 16.3. The zero-order valence-corrected chi connectivity index (χ0v) is 14.5. The molecule has 1 aromatic carbocycles. The van der Waals surface area contributed by atoms with E-state index in [2.05, 4.69) is 32.9 Å². The molecule has 1 aromatic rings. The SMILES string of the molecule is CC(C)(C)C(O)CCCc1ccc(C(O)C(C)(C)C)cc1. The normalized spacial score (nSPS) is 15.8. The third kappa shape index (κ3) is 5.80. The van der Waals surface area contributed by atoms with Gasteiger partial charge < -0.3 is 10.2 Å². The van der Waals surface area contributed by atoms with Crippen LogP contribution in [-0.2, 0) is 6.42 Å². The molecule has 0 radical (unpaired) electrons. The molecular formula is C19H32O2. The molecule has 2 nitrogen and oxygen atoms in total. The minimum Gasteiger partial charge on any atom is -0.393 e. The van der Waals surface area contributed by atoms with Crippen molar-refractivity contribution in [1.82, 2.24) is 0 Å². The number of aliphatic hydroxyl groups excluding tert-OH is 2. The molecule has 0 aliphatic heterocycles. The average Bonchev–Trinajstić information content (AvgIpc) is 2.36. The van der Waals surface area contributed by atoms with Gasteiger partial charge in [0, 0.05) is 0 Å². The van der Waals surface area contributed by atoms with Crippen LogP contribution in [0, 0.1) is 10.8 Å². The Kier molecular flexibility index (Phi) is 6.01. The van der Waals surface area contributed by atoms with Gasteiger partial charge in [-0.05, 0) is 41.2 Å². The maximum Gasteiger partial charge on any atom is 0.0838 e. The van der Waals surface area contributed by atoms with Crippen LogP contribution in [0.3, 0.4) is 0 Å². The van der Waals surface area contributed by atoms with Crippen molar-refractivity contribution >= 4 is 0 Å². The first kappa shape index (κ1) is 18.2.